The quantitative estimate of drug-likeness (QED) is 0.193. The third kappa shape index (κ3) is 3.95. The van der Waals surface area contributed by atoms with Crippen molar-refractivity contribution in [3.8, 4) is 34.6 Å². The van der Waals surface area contributed by atoms with Gasteiger partial charge in [0, 0.05) is 48.4 Å². The highest BCUT2D eigenvalue weighted by Gasteiger charge is 2.19. The highest BCUT2D eigenvalue weighted by atomic mass is 32.1. The molecule has 0 N–H and O–H groups in total. The van der Waals surface area contributed by atoms with Crippen molar-refractivity contribution in [2.75, 3.05) is 0 Å². The SMILES string of the molecule is N#Cc1ccc2c(c1)c1ccccc1n2-c1cccc(-c2cccc(-n3c4ccccc4c4c5sc6c(C#N)cccc6c5ccc43)c2)c1. The van der Waals surface area contributed by atoms with Gasteiger partial charge in [-0.15, -0.1) is 11.3 Å². The lowest BCUT2D eigenvalue weighted by Gasteiger charge is -2.13. The summed E-state index contributed by atoms with van der Waals surface area (Å²) in [5.74, 6) is 0. The van der Waals surface area contributed by atoms with Crippen molar-refractivity contribution in [3.63, 3.8) is 0 Å². The molecule has 0 saturated heterocycles. The number of hydrogen-bond acceptors (Lipinski definition) is 3. The van der Waals surface area contributed by atoms with Crippen LogP contribution in [0, 0.1) is 22.7 Å². The first-order valence-electron chi connectivity index (χ1n) is 16.1. The summed E-state index contributed by atoms with van der Waals surface area (Å²) in [5, 5.41) is 26.4. The van der Waals surface area contributed by atoms with Gasteiger partial charge >= 0.3 is 0 Å². The zero-order valence-electron chi connectivity index (χ0n) is 26.1. The normalized spacial score (nSPS) is 11.6. The number of thiophene rings is 1. The monoisotopic (exact) mass is 640 g/mol. The van der Waals surface area contributed by atoms with E-state index in [0.29, 0.717) is 5.56 Å². The van der Waals surface area contributed by atoms with Crippen molar-refractivity contribution >= 4 is 75.1 Å². The van der Waals surface area contributed by atoms with E-state index >= 15 is 0 Å². The molecule has 0 unspecified atom stereocenters. The summed E-state index contributed by atoms with van der Waals surface area (Å²) in [6, 6.07) is 55.6. The van der Waals surface area contributed by atoms with E-state index in [1.165, 1.54) is 20.9 Å². The van der Waals surface area contributed by atoms with Crippen LogP contribution in [0.15, 0.2) is 146 Å². The lowest BCUT2D eigenvalue weighted by atomic mass is 10.0. The van der Waals surface area contributed by atoms with Gasteiger partial charge < -0.3 is 9.13 Å². The van der Waals surface area contributed by atoms with Crippen LogP contribution < -0.4 is 0 Å². The minimum atomic E-state index is 0.658. The Kier molecular flexibility index (Phi) is 5.84. The van der Waals surface area contributed by atoms with E-state index in [9.17, 15) is 10.5 Å². The first-order chi connectivity index (χ1) is 24.2. The average molecular weight is 641 g/mol. The number of hydrogen-bond donors (Lipinski definition) is 0. The van der Waals surface area contributed by atoms with Crippen LogP contribution in [0.25, 0.3) is 86.3 Å². The number of aromatic nitrogens is 2. The summed E-state index contributed by atoms with van der Waals surface area (Å²) >= 11 is 1.72. The second kappa shape index (κ2) is 10.4. The molecule has 0 aliphatic rings. The van der Waals surface area contributed by atoms with E-state index in [1.54, 1.807) is 11.3 Å². The van der Waals surface area contributed by atoms with Crippen LogP contribution in [0.1, 0.15) is 11.1 Å². The fourth-order valence-electron chi connectivity index (χ4n) is 7.64. The summed E-state index contributed by atoms with van der Waals surface area (Å²) in [4.78, 5) is 0. The van der Waals surface area contributed by atoms with Gasteiger partial charge in [0.25, 0.3) is 0 Å². The highest BCUT2D eigenvalue weighted by Crippen LogP contribution is 2.44. The zero-order valence-corrected chi connectivity index (χ0v) is 26.9. The van der Waals surface area contributed by atoms with Gasteiger partial charge in [-0.2, -0.15) is 10.5 Å². The number of nitrogens with zero attached hydrogens (tertiary/aromatic N) is 4. The molecule has 10 rings (SSSR count). The Morgan fingerprint density at radius 2 is 1.02 bits per heavy atom. The molecule has 0 spiro atoms. The fourth-order valence-corrected chi connectivity index (χ4v) is 8.96. The summed E-state index contributed by atoms with van der Waals surface area (Å²) in [6.45, 7) is 0. The zero-order chi connectivity index (χ0) is 32.6. The largest absolute Gasteiger partial charge is 0.309 e. The third-order valence-corrected chi connectivity index (χ3v) is 11.0. The molecular formula is C44H24N4S. The van der Waals surface area contributed by atoms with Gasteiger partial charge in [-0.3, -0.25) is 0 Å². The van der Waals surface area contributed by atoms with Crippen LogP contribution in [0.2, 0.25) is 0 Å². The molecular weight excluding hydrogens is 617 g/mol. The Balaban J connectivity index is 1.17. The lowest BCUT2D eigenvalue weighted by molar-refractivity contribution is 1.17. The summed E-state index contributed by atoms with van der Waals surface area (Å²) in [6.07, 6.45) is 0. The van der Waals surface area contributed by atoms with Gasteiger partial charge in [0.05, 0.1) is 44.0 Å². The molecule has 4 nitrogen and oxygen atoms in total. The topological polar surface area (TPSA) is 57.4 Å². The van der Waals surface area contributed by atoms with Crippen LogP contribution in [0.5, 0.6) is 0 Å². The maximum Gasteiger partial charge on any atom is 0.101 e. The van der Waals surface area contributed by atoms with Gasteiger partial charge in [-0.25, -0.2) is 0 Å². The molecule has 5 heteroatoms. The van der Waals surface area contributed by atoms with E-state index in [0.717, 1.165) is 71.0 Å². The van der Waals surface area contributed by atoms with Crippen LogP contribution in [-0.4, -0.2) is 9.13 Å². The molecule has 0 radical (unpaired) electrons. The lowest BCUT2D eigenvalue weighted by Crippen LogP contribution is -1.96. The predicted octanol–water partition coefficient (Wildman–Crippen LogP) is 11.7. The fraction of sp³-hybridized carbons (Fsp3) is 0. The van der Waals surface area contributed by atoms with Gasteiger partial charge in [0.15, 0.2) is 0 Å². The average Bonchev–Trinajstić information content (AvgIpc) is 3.82. The maximum atomic E-state index is 9.84. The summed E-state index contributed by atoms with van der Waals surface area (Å²) < 4.78 is 6.91. The maximum absolute atomic E-state index is 9.84. The molecule has 0 aliphatic heterocycles. The number of fused-ring (bicyclic) bond motifs is 10. The van der Waals surface area contributed by atoms with Gasteiger partial charge in [-0.05, 0) is 77.9 Å². The van der Waals surface area contributed by atoms with E-state index < -0.39 is 0 Å². The Morgan fingerprint density at radius 3 is 1.76 bits per heavy atom. The Morgan fingerprint density at radius 1 is 0.429 bits per heavy atom. The minimum absolute atomic E-state index is 0.658. The van der Waals surface area contributed by atoms with Gasteiger partial charge in [0.2, 0.25) is 0 Å². The molecule has 0 bridgehead atoms. The van der Waals surface area contributed by atoms with Crippen molar-refractivity contribution in [1.82, 2.24) is 9.13 Å². The van der Waals surface area contributed by atoms with Crippen LogP contribution >= 0.6 is 11.3 Å². The van der Waals surface area contributed by atoms with Crippen LogP contribution in [0.3, 0.4) is 0 Å². The Bertz CT molecular complexity index is 3090. The smallest absolute Gasteiger partial charge is 0.101 e. The summed E-state index contributed by atoms with van der Waals surface area (Å²) in [7, 11) is 0. The van der Waals surface area contributed by atoms with Gasteiger partial charge in [0.1, 0.15) is 6.07 Å². The molecule has 0 amide bonds. The van der Waals surface area contributed by atoms with E-state index in [-0.39, 0.29) is 0 Å². The predicted molar refractivity (Wildman–Crippen MR) is 203 cm³/mol. The molecule has 3 aromatic heterocycles. The molecule has 0 saturated carbocycles. The molecule has 0 aliphatic carbocycles. The molecule has 0 atom stereocenters. The molecule has 226 valence electrons. The number of rotatable bonds is 3. The van der Waals surface area contributed by atoms with Crippen molar-refractivity contribution < 1.29 is 0 Å². The van der Waals surface area contributed by atoms with E-state index in [4.69, 9.17) is 0 Å². The summed E-state index contributed by atoms with van der Waals surface area (Å²) in [5.41, 5.74) is 10.3. The Labute approximate surface area is 285 Å². The molecule has 49 heavy (non-hydrogen) atoms. The van der Waals surface area contributed by atoms with E-state index in [2.05, 4.69) is 143 Å². The Hall–Kier alpha value is -6.66. The molecule has 10 aromatic rings. The number of benzene rings is 7. The second-order valence-corrected chi connectivity index (χ2v) is 13.4. The van der Waals surface area contributed by atoms with Crippen molar-refractivity contribution in [2.24, 2.45) is 0 Å². The highest BCUT2D eigenvalue weighted by molar-refractivity contribution is 7.27. The van der Waals surface area contributed by atoms with Crippen LogP contribution in [-0.2, 0) is 0 Å². The second-order valence-electron chi connectivity index (χ2n) is 12.4. The molecule has 3 heterocycles. The first kappa shape index (κ1) is 27.5. The first-order valence-corrected chi connectivity index (χ1v) is 17.0. The van der Waals surface area contributed by atoms with E-state index in [1.807, 2.05) is 24.3 Å². The molecule has 7 aromatic carbocycles. The third-order valence-electron chi connectivity index (χ3n) is 9.76. The molecule has 0 fully saturated rings. The number of para-hydroxylation sites is 2. The van der Waals surface area contributed by atoms with Crippen molar-refractivity contribution in [2.45, 2.75) is 0 Å². The van der Waals surface area contributed by atoms with Crippen molar-refractivity contribution in [3.05, 3.63) is 157 Å². The standard InChI is InChI=1S/C44H24N4S/c45-25-27-18-20-40-37(22-27)33-13-1-3-16-38(33)47(40)31-11-5-8-28(23-31)29-9-6-12-32(24-29)48-39-17-4-2-14-36(39)42-41(48)21-19-35-34-15-7-10-30(26-46)43(34)49-44(35)42/h1-24H. The minimum Gasteiger partial charge on any atom is -0.309 e. The van der Waals surface area contributed by atoms with Gasteiger partial charge in [-0.1, -0.05) is 78.9 Å². The van der Waals surface area contributed by atoms with Crippen molar-refractivity contribution in [1.29, 1.82) is 10.5 Å². The number of nitriles is 2. The van der Waals surface area contributed by atoms with Crippen LogP contribution in [0.4, 0.5) is 0 Å².